The highest BCUT2D eigenvalue weighted by Crippen LogP contribution is 2.18. The van der Waals surface area contributed by atoms with Crippen LogP contribution in [-0.4, -0.2) is 59.6 Å². The maximum absolute atomic E-state index is 9.97. The van der Waals surface area contributed by atoms with E-state index in [2.05, 4.69) is 19.1 Å². The van der Waals surface area contributed by atoms with Crippen LogP contribution < -0.4 is 0 Å². The molecule has 5 heteroatoms. The van der Waals surface area contributed by atoms with Gasteiger partial charge in [-0.1, -0.05) is 96.1 Å². The molecule has 0 saturated carbocycles. The molecule has 1 rings (SSSR count). The fraction of sp³-hybridized carbons (Fsp3) is 0.923. The van der Waals surface area contributed by atoms with Crippen molar-refractivity contribution in [2.75, 3.05) is 19.8 Å². The molecule has 0 spiro atoms. The Balaban J connectivity index is 1.73. The Hall–Kier alpha value is -0.460. The molecule has 1 saturated heterocycles. The van der Waals surface area contributed by atoms with E-state index in [4.69, 9.17) is 9.47 Å². The quantitative estimate of drug-likeness (QED) is 0.166. The zero-order chi connectivity index (χ0) is 22.6. The second kappa shape index (κ2) is 20.2. The van der Waals surface area contributed by atoms with E-state index in [0.29, 0.717) is 6.61 Å². The Morgan fingerprint density at radius 1 is 0.806 bits per heavy atom. The maximum Gasteiger partial charge on any atom is 0.114 e. The van der Waals surface area contributed by atoms with Crippen molar-refractivity contribution in [1.82, 2.24) is 0 Å². The maximum atomic E-state index is 9.97. The van der Waals surface area contributed by atoms with Gasteiger partial charge in [0.1, 0.15) is 24.4 Å². The van der Waals surface area contributed by atoms with E-state index in [0.717, 1.165) is 19.3 Å². The fourth-order valence-corrected chi connectivity index (χ4v) is 4.14. The zero-order valence-electron chi connectivity index (χ0n) is 20.1. The van der Waals surface area contributed by atoms with Gasteiger partial charge in [-0.25, -0.2) is 0 Å². The first-order valence-electron chi connectivity index (χ1n) is 13.0. The third-order valence-corrected chi connectivity index (χ3v) is 6.17. The average molecular weight is 443 g/mol. The van der Waals surface area contributed by atoms with Crippen molar-refractivity contribution >= 4 is 0 Å². The minimum atomic E-state index is -1.03. The van der Waals surface area contributed by atoms with E-state index in [1.165, 1.54) is 83.5 Å². The van der Waals surface area contributed by atoms with Gasteiger partial charge in [-0.05, 0) is 25.7 Å². The summed E-state index contributed by atoms with van der Waals surface area (Å²) in [6.07, 6.45) is 22.0. The van der Waals surface area contributed by atoms with Crippen LogP contribution in [0.25, 0.3) is 0 Å². The molecule has 5 nitrogen and oxygen atoms in total. The van der Waals surface area contributed by atoms with Crippen molar-refractivity contribution < 1.29 is 24.8 Å². The normalized spacial score (nSPS) is 22.5. The topological polar surface area (TPSA) is 79.2 Å². The molecule has 31 heavy (non-hydrogen) atoms. The second-order valence-electron chi connectivity index (χ2n) is 9.12. The van der Waals surface area contributed by atoms with Gasteiger partial charge in [0.25, 0.3) is 0 Å². The summed E-state index contributed by atoms with van der Waals surface area (Å²) in [6, 6.07) is 0. The van der Waals surface area contributed by atoms with E-state index in [1.54, 1.807) is 0 Å². The van der Waals surface area contributed by atoms with Crippen molar-refractivity contribution in [2.45, 2.75) is 134 Å². The number of rotatable bonds is 21. The molecule has 0 aromatic rings. The van der Waals surface area contributed by atoms with Gasteiger partial charge in [-0.15, -0.1) is 0 Å². The molecule has 1 heterocycles. The highest BCUT2D eigenvalue weighted by atomic mass is 16.5. The van der Waals surface area contributed by atoms with Gasteiger partial charge in [0.2, 0.25) is 0 Å². The number of aliphatic hydroxyl groups excluding tert-OH is 3. The summed E-state index contributed by atoms with van der Waals surface area (Å²) in [4.78, 5) is 0. The minimum Gasteiger partial charge on any atom is -0.388 e. The average Bonchev–Trinajstić information content (AvgIpc) is 3.10. The van der Waals surface area contributed by atoms with Crippen LogP contribution in [0.5, 0.6) is 0 Å². The molecule has 184 valence electrons. The largest absolute Gasteiger partial charge is 0.388 e. The van der Waals surface area contributed by atoms with Crippen LogP contribution in [0.2, 0.25) is 0 Å². The van der Waals surface area contributed by atoms with Crippen LogP contribution in [0.3, 0.4) is 0 Å². The first kappa shape index (κ1) is 28.6. The standard InChI is InChI=1S/C26H50O5/c1-2-3-4-5-6-7-8-9-10-11-12-13-14-15-16-17-18-19-20-30-21-24(28)26-25(29)23(27)22-31-26/h3-4,23-29H,2,5-22H2,1H3/b4-3+/t23-,24+,25+,26+/m0/s1. The lowest BCUT2D eigenvalue weighted by molar-refractivity contribution is -0.0813. The van der Waals surface area contributed by atoms with Crippen molar-refractivity contribution in [3.8, 4) is 0 Å². The molecule has 0 aromatic carbocycles. The van der Waals surface area contributed by atoms with Crippen LogP contribution in [0.15, 0.2) is 12.2 Å². The minimum absolute atomic E-state index is 0.0698. The molecule has 0 amide bonds. The third-order valence-electron chi connectivity index (χ3n) is 6.17. The summed E-state index contributed by atoms with van der Waals surface area (Å²) >= 11 is 0. The van der Waals surface area contributed by atoms with Gasteiger partial charge in [0.05, 0.1) is 13.2 Å². The SMILES string of the molecule is CC/C=C/CCCCCCCCCCCCCCCCOC[C@@H](O)[C@H]1OC[C@H](O)[C@H]1O. The fourth-order valence-electron chi connectivity index (χ4n) is 4.14. The highest BCUT2D eigenvalue weighted by molar-refractivity contribution is 4.87. The van der Waals surface area contributed by atoms with Gasteiger partial charge >= 0.3 is 0 Å². The van der Waals surface area contributed by atoms with Crippen molar-refractivity contribution in [2.24, 2.45) is 0 Å². The summed E-state index contributed by atoms with van der Waals surface area (Å²) in [5, 5.41) is 29.1. The predicted molar refractivity (Wildman–Crippen MR) is 127 cm³/mol. The molecule has 0 unspecified atom stereocenters. The Morgan fingerprint density at radius 3 is 1.81 bits per heavy atom. The van der Waals surface area contributed by atoms with Gasteiger partial charge in [-0.2, -0.15) is 0 Å². The molecule has 0 radical (unpaired) electrons. The number of hydrogen-bond donors (Lipinski definition) is 3. The summed E-state index contributed by atoms with van der Waals surface area (Å²) in [6.45, 7) is 3.03. The Kier molecular flexibility index (Phi) is 18.6. The van der Waals surface area contributed by atoms with E-state index in [9.17, 15) is 15.3 Å². The molecule has 0 bridgehead atoms. The molecular weight excluding hydrogens is 392 g/mol. The molecule has 4 atom stereocenters. The van der Waals surface area contributed by atoms with E-state index in [-0.39, 0.29) is 13.2 Å². The van der Waals surface area contributed by atoms with Crippen LogP contribution in [-0.2, 0) is 9.47 Å². The van der Waals surface area contributed by atoms with Gasteiger partial charge in [-0.3, -0.25) is 0 Å². The lowest BCUT2D eigenvalue weighted by atomic mass is 10.0. The summed E-state index contributed by atoms with van der Waals surface area (Å²) in [7, 11) is 0. The molecule has 0 aromatic heterocycles. The Bertz CT molecular complexity index is 415. The van der Waals surface area contributed by atoms with Crippen LogP contribution in [0, 0.1) is 0 Å². The highest BCUT2D eigenvalue weighted by Gasteiger charge is 2.39. The van der Waals surface area contributed by atoms with Gasteiger partial charge in [0, 0.05) is 6.61 Å². The molecular formula is C26H50O5. The number of ether oxygens (including phenoxy) is 2. The summed E-state index contributed by atoms with van der Waals surface area (Å²) in [5.74, 6) is 0. The predicted octanol–water partition coefficient (Wildman–Crippen LogP) is 5.30. The number of hydrogen-bond acceptors (Lipinski definition) is 5. The first-order chi connectivity index (χ1) is 15.2. The zero-order valence-corrected chi connectivity index (χ0v) is 20.1. The number of unbranched alkanes of at least 4 members (excludes halogenated alkanes) is 14. The lowest BCUT2D eigenvalue weighted by Gasteiger charge is -2.20. The molecule has 1 aliphatic heterocycles. The molecule has 3 N–H and O–H groups in total. The molecule has 1 aliphatic rings. The number of allylic oxidation sites excluding steroid dienone is 2. The van der Waals surface area contributed by atoms with Crippen molar-refractivity contribution in [1.29, 1.82) is 0 Å². The number of aliphatic hydroxyl groups is 3. The van der Waals surface area contributed by atoms with Crippen molar-refractivity contribution in [3.05, 3.63) is 12.2 Å². The van der Waals surface area contributed by atoms with Gasteiger partial charge in [0.15, 0.2) is 0 Å². The monoisotopic (exact) mass is 442 g/mol. The lowest BCUT2D eigenvalue weighted by Crippen LogP contribution is -2.40. The van der Waals surface area contributed by atoms with Crippen LogP contribution in [0.4, 0.5) is 0 Å². The summed E-state index contributed by atoms with van der Waals surface area (Å²) < 4.78 is 10.7. The summed E-state index contributed by atoms with van der Waals surface area (Å²) in [5.41, 5.74) is 0. The van der Waals surface area contributed by atoms with Gasteiger partial charge < -0.3 is 24.8 Å². The van der Waals surface area contributed by atoms with E-state index >= 15 is 0 Å². The van der Waals surface area contributed by atoms with Crippen molar-refractivity contribution in [3.63, 3.8) is 0 Å². The van der Waals surface area contributed by atoms with E-state index in [1.807, 2.05) is 0 Å². The smallest absolute Gasteiger partial charge is 0.114 e. The Morgan fingerprint density at radius 2 is 1.32 bits per heavy atom. The van der Waals surface area contributed by atoms with Crippen LogP contribution >= 0.6 is 0 Å². The second-order valence-corrected chi connectivity index (χ2v) is 9.12. The van der Waals surface area contributed by atoms with E-state index < -0.39 is 24.4 Å². The van der Waals surface area contributed by atoms with Crippen LogP contribution in [0.1, 0.15) is 110 Å². The molecule has 1 fully saturated rings. The molecule has 0 aliphatic carbocycles. The first-order valence-corrected chi connectivity index (χ1v) is 13.0. The Labute approximate surface area is 191 Å². The third kappa shape index (κ3) is 15.1.